The fraction of sp³-hybridized carbons (Fsp3) is 0.143. The highest BCUT2D eigenvalue weighted by Crippen LogP contribution is 2.40. The molecule has 4 rings (SSSR count). The average molecular weight is 498 g/mol. The number of phenols is 1. The molecular formula is C21H15Cl3N2O4S. The summed E-state index contributed by atoms with van der Waals surface area (Å²) in [7, 11) is 1.29. The fourth-order valence-corrected chi connectivity index (χ4v) is 4.98. The van der Waals surface area contributed by atoms with Crippen LogP contribution in [0, 0.1) is 0 Å². The molecule has 31 heavy (non-hydrogen) atoms. The number of thiophene rings is 1. The number of nitrogens with zero attached hydrogens (tertiary/aromatic N) is 2. The van der Waals surface area contributed by atoms with Crippen molar-refractivity contribution < 1.29 is 19.4 Å². The molecule has 2 aromatic carbocycles. The molecule has 0 fully saturated rings. The SMILES string of the molecule is COC(=O)c1sc(-n2c(Cl)nc3c(Cl)cccc32)cc1O[C@H](C)c1cccc(O)c1Cl. The molecule has 2 aromatic heterocycles. The second-order valence-electron chi connectivity index (χ2n) is 6.53. The number of benzene rings is 2. The van der Waals surface area contributed by atoms with Crippen LogP contribution < -0.4 is 4.74 Å². The maximum atomic E-state index is 12.4. The number of para-hydroxylation sites is 1. The van der Waals surface area contributed by atoms with Crippen LogP contribution in [-0.4, -0.2) is 27.7 Å². The monoisotopic (exact) mass is 496 g/mol. The zero-order chi connectivity index (χ0) is 22.3. The topological polar surface area (TPSA) is 73.6 Å². The van der Waals surface area contributed by atoms with E-state index in [1.165, 1.54) is 13.2 Å². The van der Waals surface area contributed by atoms with E-state index in [9.17, 15) is 9.90 Å². The van der Waals surface area contributed by atoms with Gasteiger partial charge in [-0.3, -0.25) is 4.57 Å². The number of imidazole rings is 1. The van der Waals surface area contributed by atoms with Crippen molar-refractivity contribution in [3.8, 4) is 16.5 Å². The predicted molar refractivity (Wildman–Crippen MR) is 122 cm³/mol. The number of carbonyl (C=O) groups is 1. The summed E-state index contributed by atoms with van der Waals surface area (Å²) in [5.74, 6) is -0.319. The molecule has 0 saturated heterocycles. The molecule has 0 radical (unpaired) electrons. The molecule has 0 aliphatic carbocycles. The van der Waals surface area contributed by atoms with Crippen LogP contribution in [0.3, 0.4) is 0 Å². The van der Waals surface area contributed by atoms with Crippen LogP contribution in [0.5, 0.6) is 11.5 Å². The maximum absolute atomic E-state index is 12.4. The van der Waals surface area contributed by atoms with Gasteiger partial charge in [0, 0.05) is 11.6 Å². The van der Waals surface area contributed by atoms with Gasteiger partial charge in [0.1, 0.15) is 28.1 Å². The summed E-state index contributed by atoms with van der Waals surface area (Å²) in [5, 5.41) is 11.3. The van der Waals surface area contributed by atoms with E-state index in [0.717, 1.165) is 11.3 Å². The number of halogens is 3. The Morgan fingerprint density at radius 1 is 1.19 bits per heavy atom. The summed E-state index contributed by atoms with van der Waals surface area (Å²) in [6.45, 7) is 1.76. The number of aromatic hydroxyl groups is 1. The number of ether oxygens (including phenoxy) is 2. The Hall–Kier alpha value is -2.45. The predicted octanol–water partition coefficient (Wildman–Crippen LogP) is 6.68. The lowest BCUT2D eigenvalue weighted by atomic mass is 10.1. The van der Waals surface area contributed by atoms with Gasteiger partial charge < -0.3 is 14.6 Å². The number of esters is 1. The smallest absolute Gasteiger partial charge is 0.351 e. The molecule has 0 bridgehead atoms. The van der Waals surface area contributed by atoms with Crippen LogP contribution in [0.15, 0.2) is 42.5 Å². The molecule has 0 spiro atoms. The first-order chi connectivity index (χ1) is 14.8. The third-order valence-electron chi connectivity index (χ3n) is 4.62. The second kappa shape index (κ2) is 8.59. The third-order valence-corrected chi connectivity index (χ3v) is 6.67. The Balaban J connectivity index is 1.80. The third kappa shape index (κ3) is 3.94. The van der Waals surface area contributed by atoms with Crippen LogP contribution in [0.25, 0.3) is 16.0 Å². The Morgan fingerprint density at radius 2 is 1.94 bits per heavy atom. The number of carbonyl (C=O) groups excluding carboxylic acids is 1. The standard InChI is InChI=1S/C21H15Cl3N2O4S/c1-10(11-5-3-8-14(27)17(11)23)30-15-9-16(31-19(15)20(28)29-2)26-13-7-4-6-12(22)18(13)25-21(26)24/h3-10,27H,1-2H3/t10-/m1/s1. The molecular weight excluding hydrogens is 483 g/mol. The summed E-state index contributed by atoms with van der Waals surface area (Å²) < 4.78 is 12.7. The lowest BCUT2D eigenvalue weighted by Gasteiger charge is -2.16. The van der Waals surface area contributed by atoms with Gasteiger partial charge in [0.25, 0.3) is 0 Å². The van der Waals surface area contributed by atoms with E-state index in [4.69, 9.17) is 44.3 Å². The number of rotatable bonds is 5. The molecule has 2 heterocycles. The lowest BCUT2D eigenvalue weighted by Crippen LogP contribution is -2.07. The van der Waals surface area contributed by atoms with E-state index in [1.807, 2.05) is 6.07 Å². The molecule has 160 valence electrons. The molecule has 0 unspecified atom stereocenters. The zero-order valence-electron chi connectivity index (χ0n) is 16.2. The van der Waals surface area contributed by atoms with Crippen LogP contribution in [0.4, 0.5) is 0 Å². The van der Waals surface area contributed by atoms with E-state index < -0.39 is 12.1 Å². The van der Waals surface area contributed by atoms with Gasteiger partial charge in [0.05, 0.1) is 22.7 Å². The van der Waals surface area contributed by atoms with Crippen molar-refractivity contribution in [1.29, 1.82) is 0 Å². The van der Waals surface area contributed by atoms with Gasteiger partial charge in [-0.15, -0.1) is 11.3 Å². The van der Waals surface area contributed by atoms with Crippen molar-refractivity contribution in [3.63, 3.8) is 0 Å². The minimum absolute atomic E-state index is 0.0534. The summed E-state index contributed by atoms with van der Waals surface area (Å²) in [6.07, 6.45) is -0.560. The second-order valence-corrected chi connectivity index (χ2v) is 8.69. The quantitative estimate of drug-likeness (QED) is 0.311. The number of methoxy groups -OCH3 is 1. The molecule has 10 heteroatoms. The normalized spacial score (nSPS) is 12.2. The van der Waals surface area contributed by atoms with Crippen molar-refractivity contribution >= 4 is 63.1 Å². The summed E-state index contributed by atoms with van der Waals surface area (Å²) in [6, 6.07) is 11.9. The van der Waals surface area contributed by atoms with E-state index in [0.29, 0.717) is 32.4 Å². The van der Waals surface area contributed by atoms with Crippen LogP contribution in [0.1, 0.15) is 28.3 Å². The van der Waals surface area contributed by atoms with E-state index in [2.05, 4.69) is 4.98 Å². The number of hydrogen-bond donors (Lipinski definition) is 1. The minimum Gasteiger partial charge on any atom is -0.506 e. The molecule has 1 N–H and O–H groups in total. The Kier molecular flexibility index (Phi) is 6.03. The molecule has 0 saturated carbocycles. The van der Waals surface area contributed by atoms with Crippen LogP contribution in [0.2, 0.25) is 15.3 Å². The van der Waals surface area contributed by atoms with E-state index in [1.54, 1.807) is 41.8 Å². The van der Waals surface area contributed by atoms with Gasteiger partial charge in [-0.25, -0.2) is 9.78 Å². The summed E-state index contributed by atoms with van der Waals surface area (Å²) in [4.78, 5) is 17.0. The van der Waals surface area contributed by atoms with Crippen molar-refractivity contribution in [3.05, 3.63) is 68.2 Å². The zero-order valence-corrected chi connectivity index (χ0v) is 19.3. The van der Waals surface area contributed by atoms with Gasteiger partial charge in [-0.1, -0.05) is 41.4 Å². The molecule has 0 aliphatic heterocycles. The summed E-state index contributed by atoms with van der Waals surface area (Å²) in [5.41, 5.74) is 1.80. The molecule has 0 amide bonds. The van der Waals surface area contributed by atoms with E-state index in [-0.39, 0.29) is 20.9 Å². The van der Waals surface area contributed by atoms with Crippen LogP contribution >= 0.6 is 46.1 Å². The first-order valence-corrected chi connectivity index (χ1v) is 11.0. The minimum atomic E-state index is -0.560. The number of fused-ring (bicyclic) bond motifs is 1. The van der Waals surface area contributed by atoms with Crippen molar-refractivity contribution in [2.24, 2.45) is 0 Å². The Labute approximate surface area is 196 Å². The highest BCUT2D eigenvalue weighted by molar-refractivity contribution is 7.16. The molecule has 1 atom stereocenters. The van der Waals surface area contributed by atoms with Crippen molar-refractivity contribution in [2.45, 2.75) is 13.0 Å². The van der Waals surface area contributed by atoms with Gasteiger partial charge in [-0.05, 0) is 36.7 Å². The highest BCUT2D eigenvalue weighted by atomic mass is 35.5. The largest absolute Gasteiger partial charge is 0.506 e. The number of phenolic OH excluding ortho intramolecular Hbond substituents is 1. The molecule has 6 nitrogen and oxygen atoms in total. The number of hydrogen-bond acceptors (Lipinski definition) is 6. The Bertz CT molecular complexity index is 1300. The lowest BCUT2D eigenvalue weighted by molar-refractivity contribution is 0.0600. The molecule has 4 aromatic rings. The van der Waals surface area contributed by atoms with Crippen LogP contribution in [-0.2, 0) is 4.74 Å². The fourth-order valence-electron chi connectivity index (χ4n) is 3.15. The van der Waals surface area contributed by atoms with Gasteiger partial charge in [0.15, 0.2) is 4.88 Å². The Morgan fingerprint density at radius 3 is 2.68 bits per heavy atom. The van der Waals surface area contributed by atoms with Gasteiger partial charge in [0.2, 0.25) is 5.28 Å². The first kappa shape index (κ1) is 21.8. The molecule has 0 aliphatic rings. The highest BCUT2D eigenvalue weighted by Gasteiger charge is 2.24. The van der Waals surface area contributed by atoms with Gasteiger partial charge in [-0.2, -0.15) is 0 Å². The number of aromatic nitrogens is 2. The van der Waals surface area contributed by atoms with Crippen molar-refractivity contribution in [1.82, 2.24) is 9.55 Å². The maximum Gasteiger partial charge on any atom is 0.351 e. The van der Waals surface area contributed by atoms with Crippen molar-refractivity contribution in [2.75, 3.05) is 7.11 Å². The van der Waals surface area contributed by atoms with Gasteiger partial charge >= 0.3 is 5.97 Å². The van der Waals surface area contributed by atoms with E-state index >= 15 is 0 Å². The summed E-state index contributed by atoms with van der Waals surface area (Å²) >= 11 is 20.0. The average Bonchev–Trinajstić information content (AvgIpc) is 3.30. The first-order valence-electron chi connectivity index (χ1n) is 9.00.